The van der Waals surface area contributed by atoms with Crippen LogP contribution < -0.4 is 4.74 Å². The maximum atomic E-state index is 5.08. The first kappa shape index (κ1) is 8.11. The highest BCUT2D eigenvalue weighted by atomic mass is 16.5. The summed E-state index contributed by atoms with van der Waals surface area (Å²) in [4.78, 5) is 4.10. The summed E-state index contributed by atoms with van der Waals surface area (Å²) in [5.41, 5.74) is 1.14. The minimum Gasteiger partial charge on any atom is -0.468 e. The van der Waals surface area contributed by atoms with Gasteiger partial charge in [-0.3, -0.25) is 4.57 Å². The Hall–Kier alpha value is -0.990. The molecule has 0 atom stereocenters. The maximum absolute atomic E-state index is 5.08. The van der Waals surface area contributed by atoms with E-state index in [0.29, 0.717) is 12.1 Å². The van der Waals surface area contributed by atoms with Crippen LogP contribution in [0.2, 0.25) is 0 Å². The molecule has 1 rings (SSSR count). The van der Waals surface area contributed by atoms with Gasteiger partial charge >= 0.3 is 0 Å². The van der Waals surface area contributed by atoms with Crippen LogP contribution in [0, 0.1) is 6.92 Å². The fraction of sp³-hybridized carbons (Fsp3) is 0.625. The lowest BCUT2D eigenvalue weighted by molar-refractivity contribution is 0.344. The summed E-state index contributed by atoms with van der Waals surface area (Å²) in [6.07, 6.45) is 1.82. The normalized spacial score (nSPS) is 10.6. The van der Waals surface area contributed by atoms with Crippen molar-refractivity contribution in [1.82, 2.24) is 9.55 Å². The summed E-state index contributed by atoms with van der Waals surface area (Å²) in [5.74, 6) is 0. The van der Waals surface area contributed by atoms with Crippen LogP contribution in [0.1, 0.15) is 25.6 Å². The van der Waals surface area contributed by atoms with Crippen LogP contribution in [0.15, 0.2) is 6.20 Å². The molecule has 0 aliphatic carbocycles. The van der Waals surface area contributed by atoms with Crippen molar-refractivity contribution in [3.8, 4) is 6.01 Å². The molecule has 0 aliphatic rings. The SMILES string of the molecule is COc1ncc(C)n1C(C)C. The molecule has 1 aromatic rings. The van der Waals surface area contributed by atoms with E-state index in [1.54, 1.807) is 7.11 Å². The van der Waals surface area contributed by atoms with Crippen molar-refractivity contribution in [2.75, 3.05) is 7.11 Å². The Kier molecular flexibility index (Phi) is 2.17. The average Bonchev–Trinajstić information content (AvgIpc) is 2.30. The highest BCUT2D eigenvalue weighted by Crippen LogP contribution is 2.17. The molecule has 0 saturated heterocycles. The van der Waals surface area contributed by atoms with Gasteiger partial charge < -0.3 is 4.74 Å². The second-order valence-electron chi connectivity index (χ2n) is 2.85. The number of nitrogens with zero attached hydrogens (tertiary/aromatic N) is 2. The molecular weight excluding hydrogens is 140 g/mol. The highest BCUT2D eigenvalue weighted by Gasteiger charge is 2.08. The second-order valence-corrected chi connectivity index (χ2v) is 2.85. The first-order valence-corrected chi connectivity index (χ1v) is 3.74. The van der Waals surface area contributed by atoms with Gasteiger partial charge in [0.2, 0.25) is 0 Å². The number of imidazole rings is 1. The summed E-state index contributed by atoms with van der Waals surface area (Å²) < 4.78 is 7.13. The summed E-state index contributed by atoms with van der Waals surface area (Å²) >= 11 is 0. The Morgan fingerprint density at radius 2 is 2.18 bits per heavy atom. The largest absolute Gasteiger partial charge is 0.468 e. The quantitative estimate of drug-likeness (QED) is 0.649. The van der Waals surface area contributed by atoms with Crippen molar-refractivity contribution in [3.63, 3.8) is 0 Å². The number of aryl methyl sites for hydroxylation is 1. The van der Waals surface area contributed by atoms with Gasteiger partial charge in [0.05, 0.1) is 13.3 Å². The molecule has 3 heteroatoms. The lowest BCUT2D eigenvalue weighted by Crippen LogP contribution is -2.05. The standard InChI is InChI=1S/C8H14N2O/c1-6(2)10-7(3)5-9-8(10)11-4/h5-6H,1-4H3. The van der Waals surface area contributed by atoms with Gasteiger partial charge in [0.25, 0.3) is 6.01 Å². The van der Waals surface area contributed by atoms with Crippen molar-refractivity contribution >= 4 is 0 Å². The number of rotatable bonds is 2. The molecule has 1 aromatic heterocycles. The number of ether oxygens (including phenoxy) is 1. The summed E-state index contributed by atoms with van der Waals surface area (Å²) in [6.45, 7) is 6.24. The third-order valence-corrected chi connectivity index (χ3v) is 1.65. The maximum Gasteiger partial charge on any atom is 0.296 e. The zero-order valence-corrected chi connectivity index (χ0v) is 7.46. The molecule has 0 aliphatic heterocycles. The molecule has 0 amide bonds. The second kappa shape index (κ2) is 2.95. The van der Waals surface area contributed by atoms with E-state index < -0.39 is 0 Å². The summed E-state index contributed by atoms with van der Waals surface area (Å²) in [5, 5.41) is 0. The van der Waals surface area contributed by atoms with E-state index in [0.717, 1.165) is 5.69 Å². The number of hydrogen-bond acceptors (Lipinski definition) is 2. The van der Waals surface area contributed by atoms with Gasteiger partial charge in [-0.15, -0.1) is 0 Å². The van der Waals surface area contributed by atoms with Crippen LogP contribution >= 0.6 is 0 Å². The first-order chi connectivity index (χ1) is 5.16. The minimum absolute atomic E-state index is 0.410. The Morgan fingerprint density at radius 3 is 2.55 bits per heavy atom. The van der Waals surface area contributed by atoms with Gasteiger partial charge in [0, 0.05) is 11.7 Å². The van der Waals surface area contributed by atoms with Gasteiger partial charge in [-0.1, -0.05) is 0 Å². The van der Waals surface area contributed by atoms with Gasteiger partial charge in [-0.2, -0.15) is 0 Å². The van der Waals surface area contributed by atoms with Gasteiger partial charge in [0.15, 0.2) is 0 Å². The Morgan fingerprint density at radius 1 is 1.55 bits per heavy atom. The van der Waals surface area contributed by atoms with Crippen LogP contribution in [-0.2, 0) is 0 Å². The van der Waals surface area contributed by atoms with E-state index >= 15 is 0 Å². The van der Waals surface area contributed by atoms with E-state index in [1.807, 2.05) is 13.1 Å². The monoisotopic (exact) mass is 154 g/mol. The molecule has 0 bridgehead atoms. The molecule has 0 unspecified atom stereocenters. The van der Waals surface area contributed by atoms with E-state index in [1.165, 1.54) is 0 Å². The first-order valence-electron chi connectivity index (χ1n) is 3.74. The zero-order valence-electron chi connectivity index (χ0n) is 7.46. The third-order valence-electron chi connectivity index (χ3n) is 1.65. The highest BCUT2D eigenvalue weighted by molar-refractivity contribution is 5.09. The fourth-order valence-corrected chi connectivity index (χ4v) is 1.20. The summed E-state index contributed by atoms with van der Waals surface area (Å²) in [6, 6.07) is 1.10. The minimum atomic E-state index is 0.410. The molecule has 0 saturated carbocycles. The van der Waals surface area contributed by atoms with E-state index in [4.69, 9.17) is 4.74 Å². The predicted molar refractivity (Wildman–Crippen MR) is 43.9 cm³/mol. The molecule has 1 heterocycles. The van der Waals surface area contributed by atoms with Gasteiger partial charge in [-0.05, 0) is 20.8 Å². The summed E-state index contributed by atoms with van der Waals surface area (Å²) in [7, 11) is 1.64. The fourth-order valence-electron chi connectivity index (χ4n) is 1.20. The predicted octanol–water partition coefficient (Wildman–Crippen LogP) is 1.78. The molecular formula is C8H14N2O. The smallest absolute Gasteiger partial charge is 0.296 e. The van der Waals surface area contributed by atoms with Crippen molar-refractivity contribution < 1.29 is 4.74 Å². The lowest BCUT2D eigenvalue weighted by Gasteiger charge is -2.11. The van der Waals surface area contributed by atoms with Crippen LogP contribution in [0.4, 0.5) is 0 Å². The van der Waals surface area contributed by atoms with Crippen LogP contribution in [0.25, 0.3) is 0 Å². The average molecular weight is 154 g/mol. The topological polar surface area (TPSA) is 27.1 Å². The van der Waals surface area contributed by atoms with E-state index in [-0.39, 0.29) is 0 Å². The van der Waals surface area contributed by atoms with Gasteiger partial charge in [0.1, 0.15) is 0 Å². The number of hydrogen-bond donors (Lipinski definition) is 0. The van der Waals surface area contributed by atoms with Crippen molar-refractivity contribution in [2.45, 2.75) is 26.8 Å². The van der Waals surface area contributed by atoms with E-state index in [2.05, 4.69) is 23.4 Å². The Labute approximate surface area is 67.0 Å². The van der Waals surface area contributed by atoms with Crippen molar-refractivity contribution in [3.05, 3.63) is 11.9 Å². The molecule has 62 valence electrons. The van der Waals surface area contributed by atoms with E-state index in [9.17, 15) is 0 Å². The molecule has 3 nitrogen and oxygen atoms in total. The number of aromatic nitrogens is 2. The lowest BCUT2D eigenvalue weighted by atomic mass is 10.4. The molecule has 0 N–H and O–H groups in total. The zero-order chi connectivity index (χ0) is 8.43. The Bertz CT molecular complexity index is 240. The third kappa shape index (κ3) is 1.37. The van der Waals surface area contributed by atoms with Crippen LogP contribution in [0.3, 0.4) is 0 Å². The number of methoxy groups -OCH3 is 1. The van der Waals surface area contributed by atoms with Crippen LogP contribution in [-0.4, -0.2) is 16.7 Å². The Balaban J connectivity index is 3.07. The van der Waals surface area contributed by atoms with Crippen LogP contribution in [0.5, 0.6) is 6.01 Å². The molecule has 0 spiro atoms. The molecule has 0 aromatic carbocycles. The van der Waals surface area contributed by atoms with Crippen molar-refractivity contribution in [1.29, 1.82) is 0 Å². The molecule has 0 fully saturated rings. The molecule has 0 radical (unpaired) electrons. The van der Waals surface area contributed by atoms with Gasteiger partial charge in [-0.25, -0.2) is 4.98 Å². The molecule has 11 heavy (non-hydrogen) atoms. The van der Waals surface area contributed by atoms with Crippen molar-refractivity contribution in [2.24, 2.45) is 0 Å².